The van der Waals surface area contributed by atoms with Crippen LogP contribution in [0.5, 0.6) is 5.75 Å². The standard InChI is InChI=1S/C23H17F3N2O3S/c24-23(25,26)17-4-1-3-15(11-17)13-31-18-8-6-16(7-9-18)22-28-20(14-32-22)21(29)27-12-19-5-2-10-30-19/h1-11,14H,12-13H2,(H,27,29). The fourth-order valence-corrected chi connectivity index (χ4v) is 3.69. The Morgan fingerprint density at radius 3 is 2.62 bits per heavy atom. The van der Waals surface area contributed by atoms with Gasteiger partial charge in [-0.15, -0.1) is 11.3 Å². The van der Waals surface area contributed by atoms with E-state index in [1.165, 1.54) is 23.7 Å². The third-order valence-corrected chi connectivity index (χ3v) is 5.39. The molecule has 1 N–H and O–H groups in total. The number of amides is 1. The molecule has 0 aliphatic carbocycles. The van der Waals surface area contributed by atoms with Crippen LogP contribution in [0.1, 0.15) is 27.4 Å². The SMILES string of the molecule is O=C(NCc1ccco1)c1csc(-c2ccc(OCc3cccc(C(F)(F)F)c3)cc2)n1. The van der Waals surface area contributed by atoms with E-state index in [-0.39, 0.29) is 19.1 Å². The van der Waals surface area contributed by atoms with Crippen LogP contribution in [0.3, 0.4) is 0 Å². The first-order valence-electron chi connectivity index (χ1n) is 9.54. The Balaban J connectivity index is 1.35. The summed E-state index contributed by atoms with van der Waals surface area (Å²) in [5.41, 5.74) is 0.823. The molecule has 0 fully saturated rings. The zero-order valence-electron chi connectivity index (χ0n) is 16.6. The second-order valence-electron chi connectivity index (χ2n) is 6.81. The van der Waals surface area contributed by atoms with Crippen LogP contribution in [0.15, 0.2) is 76.7 Å². The Morgan fingerprint density at radius 2 is 1.91 bits per heavy atom. The Labute approximate surface area is 185 Å². The van der Waals surface area contributed by atoms with Gasteiger partial charge in [0.1, 0.15) is 28.8 Å². The van der Waals surface area contributed by atoms with Crippen LogP contribution in [0, 0.1) is 0 Å². The number of rotatable bonds is 7. The van der Waals surface area contributed by atoms with Crippen LogP contribution in [0.4, 0.5) is 13.2 Å². The van der Waals surface area contributed by atoms with E-state index in [1.54, 1.807) is 47.8 Å². The van der Waals surface area contributed by atoms with Crippen molar-refractivity contribution in [3.63, 3.8) is 0 Å². The Morgan fingerprint density at radius 1 is 1.09 bits per heavy atom. The highest BCUT2D eigenvalue weighted by molar-refractivity contribution is 7.13. The molecule has 2 heterocycles. The zero-order valence-corrected chi connectivity index (χ0v) is 17.4. The number of hydrogen-bond donors (Lipinski definition) is 1. The van der Waals surface area contributed by atoms with E-state index in [1.807, 2.05) is 0 Å². The van der Waals surface area contributed by atoms with Crippen molar-refractivity contribution in [2.24, 2.45) is 0 Å². The average Bonchev–Trinajstić information content (AvgIpc) is 3.48. The van der Waals surface area contributed by atoms with Gasteiger partial charge in [-0.2, -0.15) is 13.2 Å². The molecule has 0 radical (unpaired) electrons. The number of halogens is 3. The summed E-state index contributed by atoms with van der Waals surface area (Å²) >= 11 is 1.33. The van der Waals surface area contributed by atoms with Gasteiger partial charge in [0, 0.05) is 10.9 Å². The number of thiazole rings is 1. The lowest BCUT2D eigenvalue weighted by Gasteiger charge is -2.10. The number of nitrogens with one attached hydrogen (secondary N) is 1. The van der Waals surface area contributed by atoms with Crippen LogP contribution < -0.4 is 10.1 Å². The zero-order chi connectivity index (χ0) is 22.6. The quantitative estimate of drug-likeness (QED) is 0.373. The van der Waals surface area contributed by atoms with E-state index in [4.69, 9.17) is 9.15 Å². The smallest absolute Gasteiger partial charge is 0.416 e. The van der Waals surface area contributed by atoms with Crippen LogP contribution in [-0.2, 0) is 19.3 Å². The lowest BCUT2D eigenvalue weighted by atomic mass is 10.1. The molecular formula is C23H17F3N2O3S. The normalized spacial score (nSPS) is 11.3. The fourth-order valence-electron chi connectivity index (χ4n) is 2.88. The highest BCUT2D eigenvalue weighted by Crippen LogP contribution is 2.30. The Bertz CT molecular complexity index is 1190. The van der Waals surface area contributed by atoms with E-state index in [0.29, 0.717) is 27.8 Å². The van der Waals surface area contributed by atoms with Gasteiger partial charge in [0.15, 0.2) is 0 Å². The van der Waals surface area contributed by atoms with Crippen molar-refractivity contribution in [3.05, 3.63) is 94.9 Å². The van der Waals surface area contributed by atoms with Crippen molar-refractivity contribution >= 4 is 17.2 Å². The lowest BCUT2D eigenvalue weighted by molar-refractivity contribution is -0.137. The van der Waals surface area contributed by atoms with E-state index >= 15 is 0 Å². The van der Waals surface area contributed by atoms with Gasteiger partial charge in [-0.05, 0) is 54.1 Å². The van der Waals surface area contributed by atoms with Crippen molar-refractivity contribution in [2.45, 2.75) is 19.3 Å². The minimum absolute atomic E-state index is 0.0144. The number of ether oxygens (including phenoxy) is 1. The first kappa shape index (κ1) is 21.6. The third kappa shape index (κ3) is 5.36. The molecule has 4 aromatic rings. The maximum Gasteiger partial charge on any atom is 0.416 e. The summed E-state index contributed by atoms with van der Waals surface area (Å²) in [6, 6.07) is 15.5. The largest absolute Gasteiger partial charge is 0.489 e. The first-order valence-corrected chi connectivity index (χ1v) is 10.4. The summed E-state index contributed by atoms with van der Waals surface area (Å²) in [6.45, 7) is 0.289. The molecule has 0 atom stereocenters. The van der Waals surface area contributed by atoms with E-state index in [0.717, 1.165) is 17.7 Å². The Kier molecular flexibility index (Phi) is 6.27. The molecule has 0 aliphatic rings. The van der Waals surface area contributed by atoms with Crippen molar-refractivity contribution in [1.29, 1.82) is 0 Å². The van der Waals surface area contributed by atoms with Gasteiger partial charge in [0.2, 0.25) is 0 Å². The van der Waals surface area contributed by atoms with Crippen LogP contribution in [0.25, 0.3) is 10.6 Å². The van der Waals surface area contributed by atoms with E-state index in [9.17, 15) is 18.0 Å². The summed E-state index contributed by atoms with van der Waals surface area (Å²) in [5.74, 6) is 0.860. The lowest BCUT2D eigenvalue weighted by Crippen LogP contribution is -2.22. The predicted molar refractivity (Wildman–Crippen MR) is 113 cm³/mol. The van der Waals surface area contributed by atoms with Gasteiger partial charge in [0.25, 0.3) is 5.91 Å². The molecule has 0 saturated heterocycles. The van der Waals surface area contributed by atoms with Gasteiger partial charge in [-0.25, -0.2) is 4.98 Å². The molecule has 5 nitrogen and oxygen atoms in total. The molecule has 2 aromatic carbocycles. The highest BCUT2D eigenvalue weighted by atomic mass is 32.1. The summed E-state index contributed by atoms with van der Waals surface area (Å²) in [7, 11) is 0. The number of furan rings is 1. The monoisotopic (exact) mass is 458 g/mol. The fraction of sp³-hybridized carbons (Fsp3) is 0.130. The molecule has 0 unspecified atom stereocenters. The number of nitrogens with zero attached hydrogens (tertiary/aromatic N) is 1. The summed E-state index contributed by atoms with van der Waals surface area (Å²) in [6.07, 6.45) is -2.85. The van der Waals surface area contributed by atoms with Gasteiger partial charge in [-0.1, -0.05) is 12.1 Å². The predicted octanol–water partition coefficient (Wildman–Crippen LogP) is 5.93. The van der Waals surface area contributed by atoms with Crippen LogP contribution in [-0.4, -0.2) is 10.9 Å². The molecule has 164 valence electrons. The minimum atomic E-state index is -4.39. The van der Waals surface area contributed by atoms with E-state index in [2.05, 4.69) is 10.3 Å². The molecule has 0 saturated carbocycles. The van der Waals surface area contributed by atoms with Crippen molar-refractivity contribution in [1.82, 2.24) is 10.3 Å². The molecule has 0 aliphatic heterocycles. The number of carbonyl (C=O) groups is 1. The Hall–Kier alpha value is -3.59. The van der Waals surface area contributed by atoms with E-state index < -0.39 is 11.7 Å². The number of aromatic nitrogens is 1. The molecule has 0 spiro atoms. The molecule has 0 bridgehead atoms. The van der Waals surface area contributed by atoms with Crippen molar-refractivity contribution in [3.8, 4) is 16.3 Å². The molecule has 4 rings (SSSR count). The highest BCUT2D eigenvalue weighted by Gasteiger charge is 2.30. The van der Waals surface area contributed by atoms with Gasteiger partial charge in [-0.3, -0.25) is 4.79 Å². The molecule has 32 heavy (non-hydrogen) atoms. The molecular weight excluding hydrogens is 441 g/mol. The van der Waals surface area contributed by atoms with Crippen LogP contribution in [0.2, 0.25) is 0 Å². The molecule has 2 aromatic heterocycles. The van der Waals surface area contributed by atoms with Gasteiger partial charge < -0.3 is 14.5 Å². The minimum Gasteiger partial charge on any atom is -0.489 e. The summed E-state index contributed by atoms with van der Waals surface area (Å²) in [4.78, 5) is 16.6. The number of carbonyl (C=O) groups excluding carboxylic acids is 1. The second-order valence-corrected chi connectivity index (χ2v) is 7.67. The topological polar surface area (TPSA) is 64.4 Å². The molecule has 1 amide bonds. The molecule has 9 heteroatoms. The maximum absolute atomic E-state index is 12.8. The number of hydrogen-bond acceptors (Lipinski definition) is 5. The summed E-state index contributed by atoms with van der Waals surface area (Å²) in [5, 5.41) is 5.08. The second kappa shape index (κ2) is 9.27. The van der Waals surface area contributed by atoms with Crippen molar-refractivity contribution in [2.75, 3.05) is 0 Å². The summed E-state index contributed by atoms with van der Waals surface area (Å²) < 4.78 is 49.2. The van der Waals surface area contributed by atoms with Crippen LogP contribution >= 0.6 is 11.3 Å². The average molecular weight is 458 g/mol. The number of benzene rings is 2. The maximum atomic E-state index is 12.8. The van der Waals surface area contributed by atoms with Crippen molar-refractivity contribution < 1.29 is 27.1 Å². The van der Waals surface area contributed by atoms with Gasteiger partial charge in [0.05, 0.1) is 18.4 Å². The van der Waals surface area contributed by atoms with Gasteiger partial charge >= 0.3 is 6.18 Å². The third-order valence-electron chi connectivity index (χ3n) is 4.50. The first-order chi connectivity index (χ1) is 15.4. The number of alkyl halides is 3.